The number of H-pyrrole nitrogens is 1. The summed E-state index contributed by atoms with van der Waals surface area (Å²) in [5.74, 6) is -0.0688. The molecule has 1 saturated carbocycles. The van der Waals surface area contributed by atoms with E-state index in [-0.39, 0.29) is 17.5 Å². The van der Waals surface area contributed by atoms with E-state index in [1.165, 1.54) is 23.9 Å². The number of hydrogen-bond acceptors (Lipinski definition) is 3. The maximum Gasteiger partial charge on any atom is 0.280 e. The summed E-state index contributed by atoms with van der Waals surface area (Å²) < 4.78 is 1.51. The standard InChI is InChI=1S/C23H22N4O2/c28-22(25-16-7-3-1-4-8-16)15-11-12-20-18(13-15)21-19(14-24-20)23(29)27(26-21)17-9-5-2-6-10-17/h2,5-6,9-14,16,26H,1,3-4,7-8H2,(H,25,28). The number of fused-ring (bicyclic) bond motifs is 3. The van der Waals surface area contributed by atoms with Gasteiger partial charge in [0.05, 0.1) is 22.1 Å². The van der Waals surface area contributed by atoms with Gasteiger partial charge in [0.2, 0.25) is 0 Å². The van der Waals surface area contributed by atoms with Crippen LogP contribution in [0, 0.1) is 0 Å². The highest BCUT2D eigenvalue weighted by Gasteiger charge is 2.18. The third kappa shape index (κ3) is 3.20. The summed E-state index contributed by atoms with van der Waals surface area (Å²) in [6.45, 7) is 0. The van der Waals surface area contributed by atoms with Crippen LogP contribution in [0.2, 0.25) is 0 Å². The van der Waals surface area contributed by atoms with E-state index < -0.39 is 0 Å². The van der Waals surface area contributed by atoms with Crippen molar-refractivity contribution in [1.82, 2.24) is 20.1 Å². The molecular formula is C23H22N4O2. The van der Waals surface area contributed by atoms with Crippen LogP contribution in [0.3, 0.4) is 0 Å². The topological polar surface area (TPSA) is 79.8 Å². The lowest BCUT2D eigenvalue weighted by atomic mass is 9.95. The van der Waals surface area contributed by atoms with Gasteiger partial charge in [-0.15, -0.1) is 0 Å². The van der Waals surface area contributed by atoms with Crippen molar-refractivity contribution in [1.29, 1.82) is 0 Å². The molecule has 1 aliphatic rings. The molecule has 1 fully saturated rings. The molecule has 5 rings (SSSR count). The van der Waals surface area contributed by atoms with Crippen LogP contribution in [0.25, 0.3) is 27.5 Å². The van der Waals surface area contributed by atoms with Gasteiger partial charge >= 0.3 is 0 Å². The molecule has 2 heterocycles. The third-order valence-electron chi connectivity index (χ3n) is 5.74. The van der Waals surface area contributed by atoms with Crippen LogP contribution in [0.15, 0.2) is 59.5 Å². The maximum absolute atomic E-state index is 12.9. The predicted molar refractivity (Wildman–Crippen MR) is 114 cm³/mol. The van der Waals surface area contributed by atoms with Crippen molar-refractivity contribution >= 4 is 27.7 Å². The lowest BCUT2D eigenvalue weighted by molar-refractivity contribution is 0.0928. The highest BCUT2D eigenvalue weighted by Crippen LogP contribution is 2.23. The molecule has 6 nitrogen and oxygen atoms in total. The Balaban J connectivity index is 1.58. The molecule has 1 amide bonds. The quantitative estimate of drug-likeness (QED) is 0.560. The number of carbonyl (C=O) groups excluding carboxylic acids is 1. The molecule has 29 heavy (non-hydrogen) atoms. The highest BCUT2D eigenvalue weighted by molar-refractivity contribution is 6.06. The van der Waals surface area contributed by atoms with E-state index in [2.05, 4.69) is 15.4 Å². The Kier molecular flexibility index (Phi) is 4.39. The summed E-state index contributed by atoms with van der Waals surface area (Å²) in [4.78, 5) is 30.1. The largest absolute Gasteiger partial charge is 0.349 e. The number of nitrogens with one attached hydrogen (secondary N) is 2. The van der Waals surface area contributed by atoms with Crippen LogP contribution in [0.5, 0.6) is 0 Å². The minimum atomic E-state index is -0.155. The van der Waals surface area contributed by atoms with Crippen LogP contribution in [0.1, 0.15) is 42.5 Å². The fourth-order valence-electron chi connectivity index (χ4n) is 4.17. The molecule has 6 heteroatoms. The number of aromatic nitrogens is 3. The third-order valence-corrected chi connectivity index (χ3v) is 5.74. The average molecular weight is 386 g/mol. The van der Waals surface area contributed by atoms with E-state index in [0.29, 0.717) is 16.5 Å². The zero-order valence-corrected chi connectivity index (χ0v) is 16.0. The van der Waals surface area contributed by atoms with Crippen molar-refractivity contribution in [2.75, 3.05) is 0 Å². The van der Waals surface area contributed by atoms with Gasteiger partial charge < -0.3 is 5.32 Å². The molecule has 0 bridgehead atoms. The van der Waals surface area contributed by atoms with Gasteiger partial charge in [-0.25, -0.2) is 4.68 Å². The van der Waals surface area contributed by atoms with Crippen molar-refractivity contribution in [2.24, 2.45) is 0 Å². The molecule has 0 spiro atoms. The molecule has 0 saturated heterocycles. The van der Waals surface area contributed by atoms with Gasteiger partial charge in [-0.1, -0.05) is 37.5 Å². The van der Waals surface area contributed by atoms with Crippen LogP contribution in [-0.4, -0.2) is 26.7 Å². The Morgan fingerprint density at radius 3 is 2.62 bits per heavy atom. The zero-order chi connectivity index (χ0) is 19.8. The number of rotatable bonds is 3. The number of aromatic amines is 1. The van der Waals surface area contributed by atoms with E-state index in [9.17, 15) is 9.59 Å². The first-order valence-electron chi connectivity index (χ1n) is 10.1. The number of carbonyl (C=O) groups is 1. The summed E-state index contributed by atoms with van der Waals surface area (Å²) >= 11 is 0. The minimum Gasteiger partial charge on any atom is -0.349 e. The second-order valence-electron chi connectivity index (χ2n) is 7.68. The number of amides is 1. The molecule has 146 valence electrons. The summed E-state index contributed by atoms with van der Waals surface area (Å²) in [6.07, 6.45) is 7.26. The summed E-state index contributed by atoms with van der Waals surface area (Å²) in [5.41, 5.74) is 2.63. The monoisotopic (exact) mass is 386 g/mol. The van der Waals surface area contributed by atoms with Gasteiger partial charge in [-0.3, -0.25) is 19.7 Å². The number of pyridine rings is 1. The van der Waals surface area contributed by atoms with E-state index in [4.69, 9.17) is 0 Å². The van der Waals surface area contributed by atoms with Crippen LogP contribution >= 0.6 is 0 Å². The van der Waals surface area contributed by atoms with Crippen LogP contribution < -0.4 is 10.9 Å². The Labute approximate surface area is 167 Å². The molecule has 4 aromatic rings. The second kappa shape index (κ2) is 7.20. The first-order valence-corrected chi connectivity index (χ1v) is 10.1. The van der Waals surface area contributed by atoms with E-state index >= 15 is 0 Å². The van der Waals surface area contributed by atoms with Crippen molar-refractivity contribution in [3.05, 3.63) is 70.6 Å². The van der Waals surface area contributed by atoms with Crippen molar-refractivity contribution in [3.63, 3.8) is 0 Å². The molecule has 0 unspecified atom stereocenters. The molecule has 0 radical (unpaired) electrons. The van der Waals surface area contributed by atoms with E-state index in [0.717, 1.165) is 29.4 Å². The second-order valence-corrected chi connectivity index (χ2v) is 7.68. The molecule has 1 aliphatic carbocycles. The predicted octanol–water partition coefficient (Wildman–Crippen LogP) is 3.93. The van der Waals surface area contributed by atoms with Crippen LogP contribution in [0.4, 0.5) is 0 Å². The van der Waals surface area contributed by atoms with E-state index in [1.54, 1.807) is 12.3 Å². The first-order chi connectivity index (χ1) is 14.2. The van der Waals surface area contributed by atoms with Gasteiger partial charge in [0, 0.05) is 23.2 Å². The lowest BCUT2D eigenvalue weighted by Crippen LogP contribution is -2.36. The molecule has 2 N–H and O–H groups in total. The molecule has 0 aliphatic heterocycles. The Hall–Kier alpha value is -3.41. The smallest absolute Gasteiger partial charge is 0.280 e. The van der Waals surface area contributed by atoms with Gasteiger partial charge in [0.15, 0.2) is 0 Å². The van der Waals surface area contributed by atoms with Gasteiger partial charge in [-0.2, -0.15) is 0 Å². The fourth-order valence-corrected chi connectivity index (χ4v) is 4.17. The first kappa shape index (κ1) is 17.7. The minimum absolute atomic E-state index is 0.0688. The average Bonchev–Trinajstić information content (AvgIpc) is 3.11. The Bertz CT molecular complexity index is 1250. The van der Waals surface area contributed by atoms with Gasteiger partial charge in [0.1, 0.15) is 0 Å². The lowest BCUT2D eigenvalue weighted by Gasteiger charge is -2.22. The van der Waals surface area contributed by atoms with Crippen molar-refractivity contribution in [2.45, 2.75) is 38.1 Å². The molecule has 2 aromatic heterocycles. The summed E-state index contributed by atoms with van der Waals surface area (Å²) in [6, 6.07) is 15.1. The number of benzene rings is 2. The van der Waals surface area contributed by atoms with Gasteiger partial charge in [-0.05, 0) is 43.2 Å². The van der Waals surface area contributed by atoms with E-state index in [1.807, 2.05) is 42.5 Å². The SMILES string of the molecule is O=C(NC1CCCCC1)c1ccc2ncc3c(=O)n(-c4ccccc4)[nH]c3c2c1. The number of para-hydroxylation sites is 1. The summed E-state index contributed by atoms with van der Waals surface area (Å²) in [5, 5.41) is 7.63. The molecule has 2 aromatic carbocycles. The van der Waals surface area contributed by atoms with Crippen molar-refractivity contribution in [3.8, 4) is 5.69 Å². The molecule has 0 atom stereocenters. The Morgan fingerprint density at radius 1 is 1.03 bits per heavy atom. The van der Waals surface area contributed by atoms with Gasteiger partial charge in [0.25, 0.3) is 11.5 Å². The number of nitrogens with zero attached hydrogens (tertiary/aromatic N) is 2. The highest BCUT2D eigenvalue weighted by atomic mass is 16.1. The summed E-state index contributed by atoms with van der Waals surface area (Å²) in [7, 11) is 0. The zero-order valence-electron chi connectivity index (χ0n) is 16.0. The fraction of sp³-hybridized carbons (Fsp3) is 0.261. The Morgan fingerprint density at radius 2 is 1.83 bits per heavy atom. The van der Waals surface area contributed by atoms with Crippen LogP contribution in [-0.2, 0) is 0 Å². The maximum atomic E-state index is 12.9. The molecular weight excluding hydrogens is 364 g/mol. The number of hydrogen-bond donors (Lipinski definition) is 2. The van der Waals surface area contributed by atoms with Crippen molar-refractivity contribution < 1.29 is 4.79 Å². The normalized spacial score (nSPS) is 15.0.